The molecule has 0 saturated heterocycles. The number of rotatable bonds is 11. The molecule has 1 atom stereocenters. The molecule has 0 radical (unpaired) electrons. The van der Waals surface area contributed by atoms with Gasteiger partial charge in [0, 0.05) is 33.0 Å². The quantitative estimate of drug-likeness (QED) is 0.314. The van der Waals surface area contributed by atoms with Crippen LogP contribution >= 0.6 is 0 Å². The first-order chi connectivity index (χ1) is 16.9. The van der Waals surface area contributed by atoms with Crippen molar-refractivity contribution in [2.75, 3.05) is 13.2 Å². The Bertz CT molecular complexity index is 1210. The molecular weight excluding hydrogens is 448 g/mol. The Morgan fingerprint density at radius 3 is 1.53 bits per heavy atom. The molecule has 196 valence electrons. The monoisotopic (exact) mass is 492 g/mol. The molecule has 0 aliphatic heterocycles. The lowest BCUT2D eigenvalue weighted by Crippen LogP contribution is -2.26. The summed E-state index contributed by atoms with van der Waals surface area (Å²) in [6.45, 7) is 22.9. The summed E-state index contributed by atoms with van der Waals surface area (Å²) in [5.41, 5.74) is 4.22. The second-order valence-electron chi connectivity index (χ2n) is 12.4. The molecule has 4 nitrogen and oxygen atoms in total. The minimum absolute atomic E-state index is 0.0666. The van der Waals surface area contributed by atoms with Crippen LogP contribution in [0, 0.1) is 11.3 Å². The summed E-state index contributed by atoms with van der Waals surface area (Å²) in [6.07, 6.45) is 1.98. The van der Waals surface area contributed by atoms with E-state index in [2.05, 4.69) is 79.7 Å². The fraction of sp³-hybridized carbons (Fsp3) is 0.562. The molecule has 1 unspecified atom stereocenters. The van der Waals surface area contributed by atoms with Crippen molar-refractivity contribution in [3.05, 3.63) is 46.5 Å². The highest BCUT2D eigenvalue weighted by molar-refractivity contribution is 6.20. The van der Waals surface area contributed by atoms with E-state index in [0.29, 0.717) is 19.1 Å². The number of hydrogen-bond acceptors (Lipinski definition) is 4. The number of ether oxygens (including phenoxy) is 4. The third-order valence-electron chi connectivity index (χ3n) is 6.63. The van der Waals surface area contributed by atoms with Crippen LogP contribution in [-0.2, 0) is 18.9 Å². The van der Waals surface area contributed by atoms with E-state index in [1.165, 1.54) is 10.8 Å². The Labute approximate surface area is 217 Å². The molecule has 2 aromatic carbocycles. The van der Waals surface area contributed by atoms with Crippen LogP contribution in [0.4, 0.5) is 0 Å². The summed E-state index contributed by atoms with van der Waals surface area (Å²) in [6, 6.07) is 8.65. The molecular formula is C32H44O4. The standard InChI is InChI=1S/C32H44O4/c1-11-33-27-21-13-14-22-26-24(30(28(22)34-12-2)36-32(9,10)17-19(3)4)16-15-23(25(21)26)29(27)35-20(5)18-31(6,7)8/h13-16,19-20H,11-12,17-18H2,1-10H3. The van der Waals surface area contributed by atoms with Gasteiger partial charge in [-0.15, -0.1) is 0 Å². The largest absolute Gasteiger partial charge is 0.489 e. The number of hydrogen-bond donors (Lipinski definition) is 0. The fourth-order valence-corrected chi connectivity index (χ4v) is 5.94. The van der Waals surface area contributed by atoms with Crippen molar-refractivity contribution in [1.82, 2.24) is 0 Å². The molecule has 0 N–H and O–H groups in total. The maximum atomic E-state index is 6.75. The first-order valence-electron chi connectivity index (χ1n) is 13.6. The summed E-state index contributed by atoms with van der Waals surface area (Å²) in [5.74, 6) is 3.89. The summed E-state index contributed by atoms with van der Waals surface area (Å²) >= 11 is 0. The molecule has 4 heteroatoms. The third kappa shape index (κ3) is 4.96. The summed E-state index contributed by atoms with van der Waals surface area (Å²) in [5, 5.41) is 2.34. The predicted molar refractivity (Wildman–Crippen MR) is 150 cm³/mol. The van der Waals surface area contributed by atoms with Crippen molar-refractivity contribution in [2.45, 2.75) is 93.8 Å². The lowest BCUT2D eigenvalue weighted by atomic mass is 9.90. The first kappa shape index (κ1) is 26.4. The maximum absolute atomic E-state index is 6.75. The highest BCUT2D eigenvalue weighted by Crippen LogP contribution is 2.52. The van der Waals surface area contributed by atoms with E-state index in [-0.39, 0.29) is 17.1 Å². The van der Waals surface area contributed by atoms with E-state index >= 15 is 0 Å². The van der Waals surface area contributed by atoms with E-state index in [0.717, 1.165) is 58.1 Å². The normalized spacial score (nSPS) is 15.9. The SMILES string of the molecule is CCOC1=C(OC(C)CC(C)(C)C)c2ccc3c4c(ccc1c24)C(OCC)=C3OC(C)(C)CC(C)C. The topological polar surface area (TPSA) is 36.9 Å². The van der Waals surface area contributed by atoms with Gasteiger partial charge in [0.1, 0.15) is 5.60 Å². The van der Waals surface area contributed by atoms with Gasteiger partial charge in [-0.1, -0.05) is 34.6 Å². The Hall–Kier alpha value is -2.62. The summed E-state index contributed by atoms with van der Waals surface area (Å²) < 4.78 is 25.8. The molecule has 4 rings (SSSR count). The van der Waals surface area contributed by atoms with Crippen molar-refractivity contribution in [3.63, 3.8) is 0 Å². The average Bonchev–Trinajstić information content (AvgIpc) is 3.19. The molecule has 0 spiro atoms. The van der Waals surface area contributed by atoms with Crippen molar-refractivity contribution < 1.29 is 18.9 Å². The van der Waals surface area contributed by atoms with Crippen LogP contribution in [0.1, 0.15) is 104 Å². The molecule has 0 amide bonds. The first-order valence-corrected chi connectivity index (χ1v) is 13.6. The zero-order valence-corrected chi connectivity index (χ0v) is 23.9. The predicted octanol–water partition coefficient (Wildman–Crippen LogP) is 8.87. The van der Waals surface area contributed by atoms with Crippen LogP contribution < -0.4 is 0 Å². The smallest absolute Gasteiger partial charge is 0.170 e. The van der Waals surface area contributed by atoms with Crippen LogP contribution in [-0.4, -0.2) is 24.9 Å². The van der Waals surface area contributed by atoms with Crippen LogP contribution in [0.5, 0.6) is 0 Å². The Balaban J connectivity index is 1.83. The van der Waals surface area contributed by atoms with Crippen molar-refractivity contribution >= 4 is 33.8 Å². The zero-order valence-electron chi connectivity index (χ0n) is 23.9. The molecule has 2 aromatic rings. The Morgan fingerprint density at radius 2 is 1.08 bits per heavy atom. The van der Waals surface area contributed by atoms with Gasteiger partial charge in [0.15, 0.2) is 23.0 Å². The summed E-state index contributed by atoms with van der Waals surface area (Å²) in [7, 11) is 0. The third-order valence-corrected chi connectivity index (χ3v) is 6.63. The van der Waals surface area contributed by atoms with E-state index in [4.69, 9.17) is 18.9 Å². The van der Waals surface area contributed by atoms with E-state index in [1.54, 1.807) is 0 Å². The molecule has 0 fully saturated rings. The lowest BCUT2D eigenvalue weighted by molar-refractivity contribution is 0.0539. The van der Waals surface area contributed by atoms with Gasteiger partial charge in [0.05, 0.1) is 19.3 Å². The van der Waals surface area contributed by atoms with Crippen LogP contribution in [0.15, 0.2) is 24.3 Å². The van der Waals surface area contributed by atoms with Gasteiger partial charge >= 0.3 is 0 Å². The highest BCUT2D eigenvalue weighted by Gasteiger charge is 2.37. The summed E-state index contributed by atoms with van der Waals surface area (Å²) in [4.78, 5) is 0. The average molecular weight is 493 g/mol. The van der Waals surface area contributed by atoms with Gasteiger partial charge in [0.2, 0.25) is 0 Å². The minimum Gasteiger partial charge on any atom is -0.489 e. The van der Waals surface area contributed by atoms with Crippen molar-refractivity contribution in [2.24, 2.45) is 11.3 Å². The van der Waals surface area contributed by atoms with Crippen LogP contribution in [0.25, 0.3) is 33.8 Å². The number of benzene rings is 2. The van der Waals surface area contributed by atoms with E-state index in [9.17, 15) is 0 Å². The molecule has 0 aromatic heterocycles. The maximum Gasteiger partial charge on any atom is 0.170 e. The van der Waals surface area contributed by atoms with Crippen molar-refractivity contribution in [3.8, 4) is 0 Å². The van der Waals surface area contributed by atoms with Gasteiger partial charge in [-0.25, -0.2) is 0 Å². The van der Waals surface area contributed by atoms with Crippen LogP contribution in [0.2, 0.25) is 0 Å². The van der Waals surface area contributed by atoms with Crippen molar-refractivity contribution in [1.29, 1.82) is 0 Å². The molecule has 2 aliphatic carbocycles. The lowest BCUT2D eigenvalue weighted by Gasteiger charge is -2.29. The molecule has 0 saturated carbocycles. The molecule has 2 aliphatic rings. The molecule has 0 heterocycles. The highest BCUT2D eigenvalue weighted by atomic mass is 16.5. The van der Waals surface area contributed by atoms with Gasteiger partial charge in [-0.05, 0) is 83.1 Å². The second kappa shape index (κ2) is 9.68. The molecule has 36 heavy (non-hydrogen) atoms. The fourth-order valence-electron chi connectivity index (χ4n) is 5.94. The second-order valence-corrected chi connectivity index (χ2v) is 12.4. The van der Waals surface area contributed by atoms with Crippen LogP contribution in [0.3, 0.4) is 0 Å². The zero-order chi connectivity index (χ0) is 26.4. The van der Waals surface area contributed by atoms with Gasteiger partial charge in [-0.3, -0.25) is 0 Å². The van der Waals surface area contributed by atoms with Gasteiger partial charge < -0.3 is 18.9 Å². The van der Waals surface area contributed by atoms with E-state index < -0.39 is 0 Å². The van der Waals surface area contributed by atoms with Gasteiger partial charge in [-0.2, -0.15) is 0 Å². The molecule has 0 bridgehead atoms. The minimum atomic E-state index is -0.312. The van der Waals surface area contributed by atoms with Gasteiger partial charge in [0.25, 0.3) is 0 Å². The Kier molecular flexibility index (Phi) is 7.11. The Morgan fingerprint density at radius 1 is 0.639 bits per heavy atom. The van der Waals surface area contributed by atoms with E-state index in [1.807, 2.05) is 13.8 Å².